The molecule has 0 atom stereocenters. The second-order valence-electron chi connectivity index (χ2n) is 3.95. The number of carboxylic acids is 1. The van der Waals surface area contributed by atoms with Crippen LogP contribution in [0, 0.1) is 13.8 Å². The van der Waals surface area contributed by atoms with Gasteiger partial charge < -0.3 is 9.84 Å². The number of methoxy groups -OCH3 is 1. The van der Waals surface area contributed by atoms with Gasteiger partial charge in [0.05, 0.1) is 13.5 Å². The van der Waals surface area contributed by atoms with Crippen LogP contribution in [0.1, 0.15) is 16.7 Å². The molecule has 0 heterocycles. The van der Waals surface area contributed by atoms with E-state index in [0.717, 1.165) is 5.56 Å². The van der Waals surface area contributed by atoms with Gasteiger partial charge in [-0.05, 0) is 31.0 Å². The van der Waals surface area contributed by atoms with E-state index >= 15 is 0 Å². The van der Waals surface area contributed by atoms with Crippen LogP contribution in [0.3, 0.4) is 0 Å². The van der Waals surface area contributed by atoms with E-state index < -0.39 is 18.3 Å². The average Bonchev–Trinajstić information content (AvgIpc) is 2.21. The molecule has 1 N–H and O–H groups in total. The van der Waals surface area contributed by atoms with E-state index in [1.165, 1.54) is 7.11 Å². The second-order valence-corrected chi connectivity index (χ2v) is 3.95. The Hall–Kier alpha value is -1.65. The summed E-state index contributed by atoms with van der Waals surface area (Å²) in [4.78, 5) is 10.4. The van der Waals surface area contributed by atoms with Gasteiger partial charge in [0.25, 0.3) is 0 Å². The van der Waals surface area contributed by atoms with Crippen molar-refractivity contribution >= 4 is 5.97 Å². The highest BCUT2D eigenvalue weighted by atomic mass is 19.3. The lowest BCUT2D eigenvalue weighted by molar-refractivity contribution is -0.164. The van der Waals surface area contributed by atoms with Crippen molar-refractivity contribution in [2.45, 2.75) is 26.2 Å². The zero-order valence-corrected chi connectivity index (χ0v) is 9.88. The lowest BCUT2D eigenvalue weighted by Crippen LogP contribution is -2.31. The number of alkyl halides is 2. The highest BCUT2D eigenvalue weighted by molar-refractivity contribution is 5.76. The van der Waals surface area contributed by atoms with Crippen molar-refractivity contribution in [3.8, 4) is 5.75 Å². The molecule has 0 amide bonds. The summed E-state index contributed by atoms with van der Waals surface area (Å²) >= 11 is 0. The lowest BCUT2D eigenvalue weighted by atomic mass is 9.98. The van der Waals surface area contributed by atoms with E-state index in [1.54, 1.807) is 19.1 Å². The summed E-state index contributed by atoms with van der Waals surface area (Å²) in [5.74, 6) is -5.62. The summed E-state index contributed by atoms with van der Waals surface area (Å²) < 4.78 is 31.4. The molecule has 0 radical (unpaired) electrons. The van der Waals surface area contributed by atoms with Crippen LogP contribution in [-0.2, 0) is 11.2 Å². The Balaban J connectivity index is 3.18. The van der Waals surface area contributed by atoms with Gasteiger partial charge in [0.2, 0.25) is 0 Å². The molecule has 1 aromatic rings. The number of aryl methyl sites for hydroxylation is 2. The van der Waals surface area contributed by atoms with Crippen LogP contribution in [0.2, 0.25) is 0 Å². The number of carboxylic acid groups (broad SMARTS) is 1. The Morgan fingerprint density at radius 2 is 2.00 bits per heavy atom. The summed E-state index contributed by atoms with van der Waals surface area (Å²) in [5, 5.41) is 8.42. The zero-order valence-electron chi connectivity index (χ0n) is 9.88. The Bertz CT molecular complexity index is 442. The number of benzene rings is 1. The summed E-state index contributed by atoms with van der Waals surface area (Å²) in [6, 6.07) is 3.33. The minimum atomic E-state index is -3.78. The number of hydrogen-bond donors (Lipinski definition) is 1. The molecule has 1 aromatic carbocycles. The monoisotopic (exact) mass is 244 g/mol. The van der Waals surface area contributed by atoms with Gasteiger partial charge in [-0.2, -0.15) is 8.78 Å². The summed E-state index contributed by atoms with van der Waals surface area (Å²) in [7, 11) is 1.37. The maximum absolute atomic E-state index is 13.2. The fourth-order valence-corrected chi connectivity index (χ4v) is 1.66. The Morgan fingerprint density at radius 1 is 1.41 bits per heavy atom. The zero-order chi connectivity index (χ0) is 13.2. The van der Waals surface area contributed by atoms with Gasteiger partial charge in [-0.3, -0.25) is 0 Å². The fourth-order valence-electron chi connectivity index (χ4n) is 1.66. The lowest BCUT2D eigenvalue weighted by Gasteiger charge is -2.16. The van der Waals surface area contributed by atoms with Crippen molar-refractivity contribution in [3.05, 3.63) is 28.8 Å². The quantitative estimate of drug-likeness (QED) is 0.885. The van der Waals surface area contributed by atoms with Crippen LogP contribution >= 0.6 is 0 Å². The molecule has 0 aromatic heterocycles. The summed E-state index contributed by atoms with van der Waals surface area (Å²) in [6.45, 7) is 3.47. The van der Waals surface area contributed by atoms with Crippen LogP contribution in [0.25, 0.3) is 0 Å². The standard InChI is InChI=1S/C12H14F2O3/c1-7-4-8(2)9(10(5-7)17-3)6-12(13,14)11(15)16/h4-5H,6H2,1-3H3,(H,15,16). The predicted molar refractivity (Wildman–Crippen MR) is 58.8 cm³/mol. The molecule has 0 aliphatic heterocycles. The van der Waals surface area contributed by atoms with Crippen molar-refractivity contribution in [2.75, 3.05) is 7.11 Å². The molecule has 1 rings (SSSR count). The van der Waals surface area contributed by atoms with Gasteiger partial charge in [-0.25, -0.2) is 4.79 Å². The van der Waals surface area contributed by atoms with Crippen molar-refractivity contribution in [3.63, 3.8) is 0 Å². The average molecular weight is 244 g/mol. The number of hydrogen-bond acceptors (Lipinski definition) is 2. The number of halogens is 2. The highest BCUT2D eigenvalue weighted by Crippen LogP contribution is 2.30. The van der Waals surface area contributed by atoms with E-state index in [-0.39, 0.29) is 5.56 Å². The Morgan fingerprint density at radius 3 is 2.47 bits per heavy atom. The molecule has 3 nitrogen and oxygen atoms in total. The Labute approximate surface area is 98.0 Å². The molecule has 0 bridgehead atoms. The first-order chi connectivity index (χ1) is 7.77. The molecule has 0 saturated heterocycles. The van der Waals surface area contributed by atoms with E-state index in [1.807, 2.05) is 6.92 Å². The molecular formula is C12H14F2O3. The van der Waals surface area contributed by atoms with E-state index in [2.05, 4.69) is 0 Å². The molecule has 5 heteroatoms. The normalized spacial score (nSPS) is 11.4. The third-order valence-corrected chi connectivity index (χ3v) is 2.51. The van der Waals surface area contributed by atoms with Gasteiger partial charge in [0.1, 0.15) is 5.75 Å². The van der Waals surface area contributed by atoms with Crippen LogP contribution < -0.4 is 4.74 Å². The van der Waals surface area contributed by atoms with E-state index in [0.29, 0.717) is 11.3 Å². The van der Waals surface area contributed by atoms with Gasteiger partial charge in [-0.15, -0.1) is 0 Å². The molecule has 0 aliphatic carbocycles. The molecule has 0 saturated carbocycles. The third-order valence-electron chi connectivity index (χ3n) is 2.51. The van der Waals surface area contributed by atoms with E-state index in [4.69, 9.17) is 9.84 Å². The van der Waals surface area contributed by atoms with Gasteiger partial charge in [0, 0.05) is 5.56 Å². The number of carbonyl (C=O) groups is 1. The summed E-state index contributed by atoms with van der Waals surface area (Å²) in [5.41, 5.74) is 1.70. The fraction of sp³-hybridized carbons (Fsp3) is 0.417. The first kappa shape index (κ1) is 13.4. The molecular weight excluding hydrogens is 230 g/mol. The molecule has 17 heavy (non-hydrogen) atoms. The Kier molecular flexibility index (Phi) is 3.70. The predicted octanol–water partition coefficient (Wildman–Crippen LogP) is 2.57. The van der Waals surface area contributed by atoms with Gasteiger partial charge >= 0.3 is 11.9 Å². The second kappa shape index (κ2) is 4.69. The molecule has 94 valence electrons. The van der Waals surface area contributed by atoms with Crippen LogP contribution in [0.5, 0.6) is 5.75 Å². The van der Waals surface area contributed by atoms with Crippen molar-refractivity contribution in [2.24, 2.45) is 0 Å². The molecule has 0 unspecified atom stereocenters. The van der Waals surface area contributed by atoms with Crippen molar-refractivity contribution in [1.82, 2.24) is 0 Å². The minimum Gasteiger partial charge on any atom is -0.496 e. The van der Waals surface area contributed by atoms with E-state index in [9.17, 15) is 13.6 Å². The maximum atomic E-state index is 13.2. The minimum absolute atomic E-state index is 0.227. The molecule has 0 fully saturated rings. The number of ether oxygens (including phenoxy) is 1. The largest absolute Gasteiger partial charge is 0.496 e. The SMILES string of the molecule is COc1cc(C)cc(C)c1CC(F)(F)C(=O)O. The van der Waals surface area contributed by atoms with Crippen molar-refractivity contribution in [1.29, 1.82) is 0 Å². The number of rotatable bonds is 4. The smallest absolute Gasteiger partial charge is 0.374 e. The number of aliphatic carboxylic acids is 1. The molecule has 0 spiro atoms. The van der Waals surface area contributed by atoms with Gasteiger partial charge in [0.15, 0.2) is 0 Å². The third kappa shape index (κ3) is 2.93. The molecule has 0 aliphatic rings. The first-order valence-electron chi connectivity index (χ1n) is 5.03. The first-order valence-corrected chi connectivity index (χ1v) is 5.03. The maximum Gasteiger partial charge on any atom is 0.374 e. The van der Waals surface area contributed by atoms with Gasteiger partial charge in [-0.1, -0.05) is 6.07 Å². The van der Waals surface area contributed by atoms with Crippen LogP contribution in [0.15, 0.2) is 12.1 Å². The summed E-state index contributed by atoms with van der Waals surface area (Å²) in [6.07, 6.45) is -0.863. The topological polar surface area (TPSA) is 46.5 Å². The van der Waals surface area contributed by atoms with Crippen LogP contribution in [0.4, 0.5) is 8.78 Å². The highest BCUT2D eigenvalue weighted by Gasteiger charge is 2.40. The van der Waals surface area contributed by atoms with Crippen LogP contribution in [-0.4, -0.2) is 24.1 Å². The van der Waals surface area contributed by atoms with Crippen molar-refractivity contribution < 1.29 is 23.4 Å².